The highest BCUT2D eigenvalue weighted by molar-refractivity contribution is 6.28. The highest BCUT2D eigenvalue weighted by Crippen LogP contribution is 2.52. The lowest BCUT2D eigenvalue weighted by Gasteiger charge is -2.25. The lowest BCUT2D eigenvalue weighted by Crippen LogP contribution is -2.11. The molecule has 0 atom stereocenters. The molecular weight excluding hydrogens is 1630 g/mol. The van der Waals surface area contributed by atoms with Gasteiger partial charge in [0.05, 0.1) is 0 Å². The van der Waals surface area contributed by atoms with E-state index in [1.807, 2.05) is 0 Å². The Morgan fingerprint density at radius 3 is 0.815 bits per heavy atom. The van der Waals surface area contributed by atoms with Crippen LogP contribution in [0.4, 0.5) is 0 Å². The van der Waals surface area contributed by atoms with E-state index in [-0.39, 0.29) is 10.8 Å². The van der Waals surface area contributed by atoms with E-state index in [0.717, 1.165) is 76.6 Å². The second-order valence-electron chi connectivity index (χ2n) is 38.4. The van der Waals surface area contributed by atoms with Crippen molar-refractivity contribution in [3.63, 3.8) is 0 Å². The molecule has 0 aliphatic heterocycles. The van der Waals surface area contributed by atoms with E-state index >= 15 is 0 Å². The van der Waals surface area contributed by atoms with Crippen LogP contribution in [0.15, 0.2) is 462 Å². The first-order valence-corrected chi connectivity index (χ1v) is 47.0. The van der Waals surface area contributed by atoms with Crippen molar-refractivity contribution in [2.24, 2.45) is 0 Å². The smallest absolute Gasteiger partial charge is 0.143 e. The van der Waals surface area contributed by atoms with Crippen molar-refractivity contribution >= 4 is 174 Å². The molecule has 3 aromatic heterocycles. The van der Waals surface area contributed by atoms with Gasteiger partial charge in [-0.1, -0.05) is 399 Å². The summed E-state index contributed by atoms with van der Waals surface area (Å²) in [5.74, 6) is 0. The molecule has 3 heterocycles. The predicted molar refractivity (Wildman–Crippen MR) is 577 cm³/mol. The summed E-state index contributed by atoms with van der Waals surface area (Å²) in [6, 6.07) is 163. The van der Waals surface area contributed by atoms with Gasteiger partial charge < -0.3 is 13.3 Å². The quantitative estimate of drug-likeness (QED) is 0.142. The zero-order valence-corrected chi connectivity index (χ0v) is 75.9. The summed E-state index contributed by atoms with van der Waals surface area (Å²) in [4.78, 5) is 0. The van der Waals surface area contributed by atoms with Gasteiger partial charge in [0.2, 0.25) is 0 Å². The highest BCUT2D eigenvalue weighted by Gasteiger charge is 2.27. The monoisotopic (exact) mass is 1720 g/mol. The molecule has 27 aromatic rings. The molecule has 135 heavy (non-hydrogen) atoms. The minimum atomic E-state index is 0.0230. The van der Waals surface area contributed by atoms with Gasteiger partial charge in [-0.05, 0) is 299 Å². The maximum absolute atomic E-state index is 6.53. The van der Waals surface area contributed by atoms with Crippen molar-refractivity contribution in [2.45, 2.75) is 52.4 Å². The molecule has 27 rings (SSSR count). The van der Waals surface area contributed by atoms with Crippen LogP contribution in [0.3, 0.4) is 0 Å². The molecule has 0 unspecified atom stereocenters. The van der Waals surface area contributed by atoms with Crippen LogP contribution < -0.4 is 0 Å². The van der Waals surface area contributed by atoms with Gasteiger partial charge in [0.15, 0.2) is 0 Å². The number of benzene rings is 24. The van der Waals surface area contributed by atoms with Crippen LogP contribution in [0.5, 0.6) is 0 Å². The maximum atomic E-state index is 6.53. The lowest BCUT2D eigenvalue weighted by atomic mass is 9.79. The van der Waals surface area contributed by atoms with Crippen molar-refractivity contribution in [1.82, 2.24) is 0 Å². The zero-order chi connectivity index (χ0) is 90.3. The second kappa shape index (κ2) is 32.1. The Morgan fingerprint density at radius 2 is 0.393 bits per heavy atom. The molecule has 0 saturated heterocycles. The Hall–Kier alpha value is -16.7. The second-order valence-corrected chi connectivity index (χ2v) is 38.4. The number of rotatable bonds is 8. The van der Waals surface area contributed by atoms with Crippen LogP contribution in [-0.2, 0) is 10.8 Å². The van der Waals surface area contributed by atoms with E-state index in [2.05, 4.69) is 490 Å². The van der Waals surface area contributed by atoms with Gasteiger partial charge in [-0.2, -0.15) is 0 Å². The molecule has 0 radical (unpaired) electrons. The van der Waals surface area contributed by atoms with Crippen LogP contribution >= 0.6 is 0 Å². The SMILES string of the molecule is CC(C)(C)c1ccc2c(-c3ccc4oc5c6ccccc6ccc5c4c3)c3cc(C(C)(C)C)ccc3c(-c3ccccc3)c2c1.c1ccc(-c2c3ccccc3c(-c3ccc4oc5cc6ccccc6cc5c4c3)c3ccc(-c4ccc5ccccc5c4)cc23)cc1.c1ccc(-c2ccc3c(-c4ccc5oc6c7ccccc7ccc6c5c4)c4ccccc4c(-c4ccccc4)c3c2)cc1. The van der Waals surface area contributed by atoms with Gasteiger partial charge in [-0.25, -0.2) is 0 Å². The summed E-state index contributed by atoms with van der Waals surface area (Å²) in [5, 5.41) is 31.6. The largest absolute Gasteiger partial charge is 0.456 e. The lowest BCUT2D eigenvalue weighted by molar-refractivity contribution is 0.590. The molecule has 3 heteroatoms. The van der Waals surface area contributed by atoms with Gasteiger partial charge in [-0.15, -0.1) is 0 Å². The van der Waals surface area contributed by atoms with Crippen molar-refractivity contribution < 1.29 is 13.3 Å². The third kappa shape index (κ3) is 13.9. The van der Waals surface area contributed by atoms with Crippen LogP contribution in [-0.4, -0.2) is 0 Å². The van der Waals surface area contributed by atoms with Crippen molar-refractivity contribution in [3.05, 3.63) is 460 Å². The standard InChI is InChI=1S/C46H28O.C44H38O.C42H26O/c1-2-11-30(12-3-1)45-37-16-8-9-17-38(37)46(39-22-20-35(26-42(39)45)34-19-18-29-10-4-5-13-31(29)24-34)36-21-23-43-40(27-36)41-25-32-14-6-7-15-33(32)28-44(41)47-43;1-43(2,3)30-19-22-34-37(25-30)40(28-13-8-7-9-14-28)33-21-18-31(44(4,5)6)26-38(33)41(34)29-17-23-39-36(24-29)35-20-16-27-12-10-11-15-32(27)42(35)45-39;1-3-11-27(12-4-1)30-20-22-35-38(25-30)40(29-14-5-2-6-15-29)33-17-9-10-18-34(33)41(35)31-21-24-39-37(26-31)36-23-19-28-13-7-8-16-32(28)42(36)43-39/h1-28H;7-26H,1-6H3;1-26H. The predicted octanol–water partition coefficient (Wildman–Crippen LogP) is 38.2. The fourth-order valence-corrected chi connectivity index (χ4v) is 21.5. The summed E-state index contributed by atoms with van der Waals surface area (Å²) in [6.45, 7) is 13.8. The molecule has 0 spiro atoms. The molecule has 3 nitrogen and oxygen atoms in total. The molecular formula is C132H92O3. The fraction of sp³-hybridized carbons (Fsp3) is 0.0606. The van der Waals surface area contributed by atoms with Crippen LogP contribution in [0, 0.1) is 0 Å². The summed E-state index contributed by atoms with van der Waals surface area (Å²) in [7, 11) is 0. The first-order chi connectivity index (χ1) is 66.2. The van der Waals surface area contributed by atoms with Crippen LogP contribution in [0.1, 0.15) is 52.7 Å². The van der Waals surface area contributed by atoms with Gasteiger partial charge in [-0.3, -0.25) is 0 Å². The van der Waals surface area contributed by atoms with Crippen molar-refractivity contribution in [2.75, 3.05) is 0 Å². The highest BCUT2D eigenvalue weighted by atomic mass is 16.3. The number of furan rings is 3. The molecule has 0 aliphatic carbocycles. The molecule has 0 amide bonds. The number of hydrogen-bond donors (Lipinski definition) is 0. The van der Waals surface area contributed by atoms with E-state index in [0.29, 0.717) is 0 Å². The van der Waals surface area contributed by atoms with E-state index in [1.165, 1.54) is 197 Å². The Morgan fingerprint density at radius 1 is 0.133 bits per heavy atom. The average Bonchev–Trinajstić information content (AvgIpc) is 1.16. The fourth-order valence-electron chi connectivity index (χ4n) is 21.5. The van der Waals surface area contributed by atoms with Crippen LogP contribution in [0.2, 0.25) is 0 Å². The van der Waals surface area contributed by atoms with Crippen LogP contribution in [0.25, 0.3) is 263 Å². The number of fused-ring (bicyclic) bond motifs is 21. The number of hydrogen-bond acceptors (Lipinski definition) is 3. The molecule has 0 fully saturated rings. The van der Waals surface area contributed by atoms with Gasteiger partial charge in [0.25, 0.3) is 0 Å². The zero-order valence-electron chi connectivity index (χ0n) is 75.9. The summed E-state index contributed by atoms with van der Waals surface area (Å²) in [5.41, 5.74) is 28.1. The molecule has 0 saturated carbocycles. The normalized spacial score (nSPS) is 12.1. The summed E-state index contributed by atoms with van der Waals surface area (Å²) < 4.78 is 19.4. The topological polar surface area (TPSA) is 39.4 Å². The Balaban J connectivity index is 0.000000108. The van der Waals surface area contributed by atoms with E-state index in [9.17, 15) is 0 Å². The van der Waals surface area contributed by atoms with Crippen molar-refractivity contribution in [1.29, 1.82) is 0 Å². The first-order valence-electron chi connectivity index (χ1n) is 47.0. The third-order valence-electron chi connectivity index (χ3n) is 28.2. The Kier molecular flexibility index (Phi) is 19.1. The first kappa shape index (κ1) is 80.4. The van der Waals surface area contributed by atoms with Gasteiger partial charge in [0.1, 0.15) is 33.5 Å². The molecule has 0 aliphatic rings. The molecule has 0 N–H and O–H groups in total. The maximum Gasteiger partial charge on any atom is 0.143 e. The summed E-state index contributed by atoms with van der Waals surface area (Å²) in [6.07, 6.45) is 0. The van der Waals surface area contributed by atoms with Gasteiger partial charge in [0, 0.05) is 43.1 Å². The van der Waals surface area contributed by atoms with E-state index in [4.69, 9.17) is 13.3 Å². The molecule has 0 bridgehead atoms. The third-order valence-corrected chi connectivity index (χ3v) is 28.2. The molecule has 638 valence electrons. The van der Waals surface area contributed by atoms with Gasteiger partial charge >= 0.3 is 0 Å². The van der Waals surface area contributed by atoms with E-state index in [1.54, 1.807) is 0 Å². The average molecular weight is 1730 g/mol. The Bertz CT molecular complexity index is 9490. The van der Waals surface area contributed by atoms with Crippen molar-refractivity contribution in [3.8, 4) is 89.0 Å². The minimum absolute atomic E-state index is 0.0230. The van der Waals surface area contributed by atoms with E-state index < -0.39 is 0 Å². The molecule has 24 aromatic carbocycles. The minimum Gasteiger partial charge on any atom is -0.456 e. The Labute approximate surface area is 782 Å². The summed E-state index contributed by atoms with van der Waals surface area (Å²) >= 11 is 0.